The van der Waals surface area contributed by atoms with Crippen molar-refractivity contribution < 1.29 is 20.1 Å². The van der Waals surface area contributed by atoms with Crippen LogP contribution in [0.15, 0.2) is 6.20 Å². The van der Waals surface area contributed by atoms with Gasteiger partial charge in [-0.05, 0) is 6.92 Å². The number of ether oxygens (including phenoxy) is 1. The molecule has 0 aromatic carbocycles. The van der Waals surface area contributed by atoms with Gasteiger partial charge in [0, 0.05) is 0 Å². The Balaban J connectivity index is 2.13. The summed E-state index contributed by atoms with van der Waals surface area (Å²) in [5.41, 5.74) is 10.3. The highest BCUT2D eigenvalue weighted by Gasteiger charge is 2.53. The molecule has 4 atom stereocenters. The van der Waals surface area contributed by atoms with Crippen molar-refractivity contribution in [3.8, 4) is 0 Å². The van der Waals surface area contributed by atoms with Gasteiger partial charge in [0.1, 0.15) is 23.9 Å². The van der Waals surface area contributed by atoms with Crippen molar-refractivity contribution in [2.24, 2.45) is 0 Å². The topological polar surface area (TPSA) is 165 Å². The zero-order valence-electron chi connectivity index (χ0n) is 11.2. The zero-order valence-corrected chi connectivity index (χ0v) is 11.2. The van der Waals surface area contributed by atoms with Crippen LogP contribution in [0.4, 0.5) is 11.8 Å². The Kier molecular flexibility index (Phi) is 2.99. The van der Waals surface area contributed by atoms with E-state index in [0.29, 0.717) is 5.69 Å². The van der Waals surface area contributed by atoms with Crippen LogP contribution in [0.1, 0.15) is 18.7 Å². The summed E-state index contributed by atoms with van der Waals surface area (Å²) in [7, 11) is 0. The summed E-state index contributed by atoms with van der Waals surface area (Å²) < 4.78 is 6.83. The van der Waals surface area contributed by atoms with Gasteiger partial charge in [-0.25, -0.2) is 9.50 Å². The minimum Gasteiger partial charge on any atom is -0.394 e. The Hall–Kier alpha value is -2.01. The molecule has 10 heteroatoms. The van der Waals surface area contributed by atoms with E-state index >= 15 is 0 Å². The summed E-state index contributed by atoms with van der Waals surface area (Å²) in [6.07, 6.45) is -1.71. The SMILES string of the molecule is C[C@@]1(O)[C@H](O)[C@@H](CO)O[C@H]1c1cnc2c(N)nc(N)nn12. The van der Waals surface area contributed by atoms with Gasteiger partial charge in [0.15, 0.2) is 11.5 Å². The fourth-order valence-corrected chi connectivity index (χ4v) is 2.55. The van der Waals surface area contributed by atoms with E-state index in [2.05, 4.69) is 15.1 Å². The molecule has 0 spiro atoms. The lowest BCUT2D eigenvalue weighted by Gasteiger charge is -2.25. The van der Waals surface area contributed by atoms with Gasteiger partial charge < -0.3 is 31.5 Å². The molecule has 3 rings (SSSR count). The van der Waals surface area contributed by atoms with E-state index in [1.807, 2.05) is 0 Å². The molecule has 1 saturated heterocycles. The van der Waals surface area contributed by atoms with Crippen LogP contribution in [0.5, 0.6) is 0 Å². The van der Waals surface area contributed by atoms with E-state index in [1.54, 1.807) is 0 Å². The fraction of sp³-hybridized carbons (Fsp3) is 0.545. The molecule has 0 radical (unpaired) electrons. The van der Waals surface area contributed by atoms with Crippen LogP contribution in [-0.4, -0.2) is 59.3 Å². The van der Waals surface area contributed by atoms with Crippen LogP contribution in [0, 0.1) is 0 Å². The number of anilines is 2. The van der Waals surface area contributed by atoms with Gasteiger partial charge in [0.2, 0.25) is 5.95 Å². The molecule has 1 aliphatic rings. The number of nitrogens with two attached hydrogens (primary N) is 2. The normalized spacial score (nSPS) is 32.9. The zero-order chi connectivity index (χ0) is 15.4. The van der Waals surface area contributed by atoms with Crippen LogP contribution >= 0.6 is 0 Å². The number of rotatable bonds is 2. The smallest absolute Gasteiger partial charge is 0.240 e. The van der Waals surface area contributed by atoms with Crippen LogP contribution in [0.3, 0.4) is 0 Å². The Morgan fingerprint density at radius 3 is 2.81 bits per heavy atom. The van der Waals surface area contributed by atoms with E-state index in [-0.39, 0.29) is 17.4 Å². The van der Waals surface area contributed by atoms with Gasteiger partial charge in [0.05, 0.1) is 18.5 Å². The van der Waals surface area contributed by atoms with Crippen LogP contribution in [-0.2, 0) is 4.74 Å². The summed E-state index contributed by atoms with van der Waals surface area (Å²) in [6.45, 7) is 0.981. The Labute approximate surface area is 119 Å². The number of aromatic nitrogens is 4. The van der Waals surface area contributed by atoms with Gasteiger partial charge in [-0.15, -0.1) is 5.10 Å². The van der Waals surface area contributed by atoms with Crippen molar-refractivity contribution in [2.45, 2.75) is 30.8 Å². The van der Waals surface area contributed by atoms with Crippen LogP contribution in [0.25, 0.3) is 5.65 Å². The molecule has 21 heavy (non-hydrogen) atoms. The quantitative estimate of drug-likeness (QED) is 0.414. The third kappa shape index (κ3) is 1.92. The van der Waals surface area contributed by atoms with E-state index in [1.165, 1.54) is 17.6 Å². The summed E-state index contributed by atoms with van der Waals surface area (Å²) in [6, 6.07) is 0. The molecular weight excluding hydrogens is 280 g/mol. The standard InChI is InChI=1S/C11H16N6O4/c1-11(20)6(19)5(3-18)21-7(11)4-2-14-9-8(12)15-10(13)16-17(4)9/h2,5-7,18-20H,3H2,1H3,(H4,12,13,15,16)/t5-,6-,7+,11-/m1/s1. The monoisotopic (exact) mass is 296 g/mol. The average Bonchev–Trinajstić information content (AvgIpc) is 2.91. The van der Waals surface area contributed by atoms with Crippen molar-refractivity contribution in [1.29, 1.82) is 0 Å². The number of nitrogen functional groups attached to an aromatic ring is 2. The molecule has 0 saturated carbocycles. The van der Waals surface area contributed by atoms with Crippen molar-refractivity contribution in [3.63, 3.8) is 0 Å². The van der Waals surface area contributed by atoms with Gasteiger partial charge in [0.25, 0.3) is 0 Å². The lowest BCUT2D eigenvalue weighted by Crippen LogP contribution is -2.43. The van der Waals surface area contributed by atoms with Gasteiger partial charge >= 0.3 is 0 Å². The third-order valence-corrected chi connectivity index (χ3v) is 3.67. The second-order valence-electron chi connectivity index (χ2n) is 5.18. The highest BCUT2D eigenvalue weighted by atomic mass is 16.6. The Morgan fingerprint density at radius 1 is 1.48 bits per heavy atom. The summed E-state index contributed by atoms with van der Waals surface area (Å²) in [4.78, 5) is 7.86. The number of hydrogen-bond donors (Lipinski definition) is 5. The summed E-state index contributed by atoms with van der Waals surface area (Å²) in [5, 5.41) is 33.7. The lowest BCUT2D eigenvalue weighted by atomic mass is 9.91. The van der Waals surface area contributed by atoms with Crippen molar-refractivity contribution >= 4 is 17.4 Å². The maximum absolute atomic E-state index is 10.5. The molecule has 2 aromatic heterocycles. The second kappa shape index (κ2) is 4.49. The molecule has 0 aliphatic carbocycles. The predicted molar refractivity (Wildman–Crippen MR) is 70.9 cm³/mol. The summed E-state index contributed by atoms with van der Waals surface area (Å²) >= 11 is 0. The third-order valence-electron chi connectivity index (χ3n) is 3.67. The molecule has 1 fully saturated rings. The van der Waals surface area contributed by atoms with Gasteiger partial charge in [-0.1, -0.05) is 0 Å². The predicted octanol–water partition coefficient (Wildman–Crippen LogP) is -2.17. The number of hydrogen-bond acceptors (Lipinski definition) is 9. The number of nitrogens with zero attached hydrogens (tertiary/aromatic N) is 4. The van der Waals surface area contributed by atoms with E-state index in [9.17, 15) is 15.3 Å². The maximum Gasteiger partial charge on any atom is 0.240 e. The highest BCUT2D eigenvalue weighted by molar-refractivity contribution is 5.60. The maximum atomic E-state index is 10.5. The van der Waals surface area contributed by atoms with Gasteiger partial charge in [-0.3, -0.25) is 0 Å². The number of fused-ring (bicyclic) bond motifs is 1. The first-order valence-electron chi connectivity index (χ1n) is 6.29. The van der Waals surface area contributed by atoms with E-state index < -0.39 is 30.5 Å². The Morgan fingerprint density at radius 2 is 2.19 bits per heavy atom. The molecule has 2 aromatic rings. The van der Waals surface area contributed by atoms with Gasteiger partial charge in [-0.2, -0.15) is 4.98 Å². The second-order valence-corrected chi connectivity index (χ2v) is 5.18. The van der Waals surface area contributed by atoms with Crippen molar-refractivity contribution in [3.05, 3.63) is 11.9 Å². The molecule has 10 nitrogen and oxygen atoms in total. The highest BCUT2D eigenvalue weighted by Crippen LogP contribution is 2.41. The first-order valence-corrected chi connectivity index (χ1v) is 6.29. The molecule has 114 valence electrons. The average molecular weight is 296 g/mol. The van der Waals surface area contributed by atoms with E-state index in [0.717, 1.165) is 0 Å². The fourth-order valence-electron chi connectivity index (χ4n) is 2.55. The van der Waals surface area contributed by atoms with Crippen LogP contribution < -0.4 is 11.5 Å². The largest absolute Gasteiger partial charge is 0.394 e. The molecular formula is C11H16N6O4. The molecule has 0 bridgehead atoms. The van der Waals surface area contributed by atoms with Crippen LogP contribution in [0.2, 0.25) is 0 Å². The first-order chi connectivity index (χ1) is 9.86. The molecule has 7 N–H and O–H groups in total. The molecule has 1 aliphatic heterocycles. The summed E-state index contributed by atoms with van der Waals surface area (Å²) in [5.74, 6) is 0.0294. The number of imidazole rings is 1. The first kappa shape index (κ1) is 13.9. The van der Waals surface area contributed by atoms with Crippen molar-refractivity contribution in [2.75, 3.05) is 18.1 Å². The number of aliphatic hydroxyl groups is 3. The number of aliphatic hydroxyl groups excluding tert-OH is 2. The Bertz CT molecular complexity index is 687. The van der Waals surface area contributed by atoms with E-state index in [4.69, 9.17) is 16.2 Å². The van der Waals surface area contributed by atoms with Crippen molar-refractivity contribution in [1.82, 2.24) is 19.6 Å². The molecule has 0 unspecified atom stereocenters. The lowest BCUT2D eigenvalue weighted by molar-refractivity contribution is -0.0664. The minimum absolute atomic E-state index is 0.0591. The minimum atomic E-state index is -1.63. The molecule has 3 heterocycles. The molecule has 0 amide bonds.